The number of ether oxygens (including phenoxy) is 1. The van der Waals surface area contributed by atoms with Crippen molar-refractivity contribution in [3.63, 3.8) is 0 Å². The zero-order valence-corrected chi connectivity index (χ0v) is 19.3. The summed E-state index contributed by atoms with van der Waals surface area (Å²) < 4.78 is 49.0. The van der Waals surface area contributed by atoms with Crippen LogP contribution in [0.1, 0.15) is 35.0 Å². The van der Waals surface area contributed by atoms with E-state index in [2.05, 4.69) is 21.3 Å². The van der Waals surface area contributed by atoms with Crippen molar-refractivity contribution in [2.45, 2.75) is 32.4 Å². The first-order chi connectivity index (χ1) is 17.2. The fourth-order valence-electron chi connectivity index (χ4n) is 4.28. The highest BCUT2D eigenvalue weighted by Gasteiger charge is 2.39. The van der Waals surface area contributed by atoms with E-state index in [-0.39, 0.29) is 24.7 Å². The van der Waals surface area contributed by atoms with Crippen LogP contribution in [0.5, 0.6) is 5.75 Å². The van der Waals surface area contributed by atoms with Crippen LogP contribution in [0, 0.1) is 42.6 Å². The number of rotatable bonds is 4. The topological polar surface area (TPSA) is 99.6 Å². The highest BCUT2D eigenvalue weighted by Crippen LogP contribution is 2.32. The van der Waals surface area contributed by atoms with Crippen molar-refractivity contribution in [1.82, 2.24) is 24.7 Å². The molecule has 0 N–H and O–H groups in total. The molecule has 3 aromatic rings. The smallest absolute Gasteiger partial charge is 0.341 e. The number of hydrogen-bond donors (Lipinski definition) is 0. The Morgan fingerprint density at radius 2 is 1.86 bits per heavy atom. The van der Waals surface area contributed by atoms with Gasteiger partial charge in [0.1, 0.15) is 23.8 Å². The number of nitrogens with zero attached hydrogens (tertiary/aromatic N) is 7. The van der Waals surface area contributed by atoms with Crippen LogP contribution < -0.4 is 4.74 Å². The summed E-state index contributed by atoms with van der Waals surface area (Å²) in [5.74, 6) is -1.91. The molecule has 2 aliphatic heterocycles. The van der Waals surface area contributed by atoms with Crippen molar-refractivity contribution in [1.29, 1.82) is 5.26 Å². The third kappa shape index (κ3) is 4.13. The maximum absolute atomic E-state index is 14.4. The average Bonchev–Trinajstić information content (AvgIpc) is 3.40. The second kappa shape index (κ2) is 8.99. The summed E-state index contributed by atoms with van der Waals surface area (Å²) in [4.78, 5) is 18.5. The lowest BCUT2D eigenvalue weighted by molar-refractivity contribution is 0.0256. The van der Waals surface area contributed by atoms with E-state index >= 15 is 0 Å². The molecular weight excluding hydrogens is 475 g/mol. The van der Waals surface area contributed by atoms with E-state index in [0.29, 0.717) is 28.9 Å². The fourth-order valence-corrected chi connectivity index (χ4v) is 4.28. The lowest BCUT2D eigenvalue weighted by atomic mass is 10.0. The number of hydrogen-bond acceptors (Lipinski definition) is 6. The summed E-state index contributed by atoms with van der Waals surface area (Å²) in [5.41, 5.74) is 1.82. The molecule has 0 aliphatic carbocycles. The molecule has 0 radical (unpaired) electrons. The van der Waals surface area contributed by atoms with E-state index < -0.39 is 35.6 Å². The zero-order chi connectivity index (χ0) is 25.6. The molecule has 0 spiro atoms. The minimum atomic E-state index is -0.732. The first-order valence-electron chi connectivity index (χ1n) is 11.1. The maximum Gasteiger partial charge on any atom is 0.341 e. The number of hydrazone groups is 1. The van der Waals surface area contributed by atoms with Gasteiger partial charge in [0.15, 0.2) is 17.4 Å². The van der Waals surface area contributed by atoms with Crippen LogP contribution in [0.3, 0.4) is 0 Å². The number of benzene rings is 1. The number of carbonyl (C=O) groups excluding carboxylic acids is 1. The van der Waals surface area contributed by atoms with Gasteiger partial charge in [-0.1, -0.05) is 0 Å². The lowest BCUT2D eigenvalue weighted by Crippen LogP contribution is -2.58. The van der Waals surface area contributed by atoms with Gasteiger partial charge in [-0.05, 0) is 31.5 Å². The Hall–Kier alpha value is -4.40. The SMILES string of the molecule is Cc1nn(-c2cc(OC3CN(C(=O)N4N=CC[C@H]4c4cc(F)cc(F)c4)C3)c(F)cn2)c(C)c1C#N. The molecule has 2 aliphatic rings. The van der Waals surface area contributed by atoms with Crippen molar-refractivity contribution in [3.05, 3.63) is 70.4 Å². The number of pyridine rings is 1. The molecular formula is C24H20F3N7O2. The van der Waals surface area contributed by atoms with Gasteiger partial charge in [-0.25, -0.2) is 32.6 Å². The number of halogens is 3. The van der Waals surface area contributed by atoms with Gasteiger partial charge in [-0.15, -0.1) is 0 Å². The summed E-state index contributed by atoms with van der Waals surface area (Å²) in [6.07, 6.45) is 2.37. The number of aryl methyl sites for hydroxylation is 1. The maximum atomic E-state index is 14.4. The molecule has 0 saturated carbocycles. The Balaban J connectivity index is 1.26. The molecule has 1 aromatic carbocycles. The molecule has 2 amide bonds. The van der Waals surface area contributed by atoms with Crippen LogP contribution in [0.15, 0.2) is 35.6 Å². The van der Waals surface area contributed by atoms with Gasteiger partial charge in [-0.3, -0.25) is 0 Å². The van der Waals surface area contributed by atoms with E-state index in [4.69, 9.17) is 4.74 Å². The van der Waals surface area contributed by atoms with Gasteiger partial charge in [-0.2, -0.15) is 15.5 Å². The second-order valence-corrected chi connectivity index (χ2v) is 8.57. The Labute approximate surface area is 204 Å². The molecule has 1 saturated heterocycles. The fraction of sp³-hybridized carbons (Fsp3) is 0.292. The highest BCUT2D eigenvalue weighted by molar-refractivity contribution is 5.79. The monoisotopic (exact) mass is 495 g/mol. The first kappa shape index (κ1) is 23.3. The van der Waals surface area contributed by atoms with Crippen LogP contribution in [0.4, 0.5) is 18.0 Å². The van der Waals surface area contributed by atoms with Crippen molar-refractivity contribution in [2.75, 3.05) is 13.1 Å². The molecule has 0 bridgehead atoms. The number of nitriles is 1. The second-order valence-electron chi connectivity index (χ2n) is 8.57. The van der Waals surface area contributed by atoms with Crippen LogP contribution in [-0.4, -0.2) is 56.1 Å². The van der Waals surface area contributed by atoms with Crippen molar-refractivity contribution < 1.29 is 22.7 Å². The van der Waals surface area contributed by atoms with E-state index in [0.717, 1.165) is 12.3 Å². The molecule has 4 heterocycles. The van der Waals surface area contributed by atoms with Gasteiger partial charge in [0.25, 0.3) is 0 Å². The number of carbonyl (C=O) groups is 1. The molecule has 9 nitrogen and oxygen atoms in total. The van der Waals surface area contributed by atoms with Crippen LogP contribution in [0.25, 0.3) is 5.82 Å². The molecule has 5 rings (SSSR count). The summed E-state index contributed by atoms with van der Waals surface area (Å²) in [6, 6.07) is 5.53. The lowest BCUT2D eigenvalue weighted by Gasteiger charge is -2.41. The standard InChI is InChI=1S/C24H20F3N7O2/c1-13-19(9-28)14(2)33(31-13)23-8-22(20(27)10-29-23)36-18-11-32(12-18)24(35)34-21(3-4-30-34)15-5-16(25)7-17(26)6-15/h4-8,10,18,21H,3,11-12H2,1-2H3/t21-/m0/s1. The van der Waals surface area contributed by atoms with Crippen LogP contribution >= 0.6 is 0 Å². The molecule has 2 aromatic heterocycles. The van der Waals surface area contributed by atoms with E-state index in [1.165, 1.54) is 39.0 Å². The minimum Gasteiger partial charge on any atom is -0.483 e. The third-order valence-electron chi connectivity index (χ3n) is 6.13. The molecule has 1 fully saturated rings. The van der Waals surface area contributed by atoms with Gasteiger partial charge < -0.3 is 9.64 Å². The number of likely N-dealkylation sites (tertiary alicyclic amines) is 1. The zero-order valence-electron chi connectivity index (χ0n) is 19.3. The normalized spacial score (nSPS) is 17.3. The number of urea groups is 1. The number of aromatic nitrogens is 3. The van der Waals surface area contributed by atoms with Gasteiger partial charge >= 0.3 is 6.03 Å². The molecule has 36 heavy (non-hydrogen) atoms. The van der Waals surface area contributed by atoms with Crippen LogP contribution in [0.2, 0.25) is 0 Å². The molecule has 0 unspecified atom stereocenters. The quantitative estimate of drug-likeness (QED) is 0.549. The van der Waals surface area contributed by atoms with Crippen molar-refractivity contribution in [3.8, 4) is 17.6 Å². The summed E-state index contributed by atoms with van der Waals surface area (Å²) >= 11 is 0. The summed E-state index contributed by atoms with van der Waals surface area (Å²) in [7, 11) is 0. The average molecular weight is 495 g/mol. The van der Waals surface area contributed by atoms with Gasteiger partial charge in [0.2, 0.25) is 0 Å². The van der Waals surface area contributed by atoms with E-state index in [1.807, 2.05) is 0 Å². The minimum absolute atomic E-state index is 0.0598. The van der Waals surface area contributed by atoms with Crippen molar-refractivity contribution in [2.24, 2.45) is 5.10 Å². The molecule has 184 valence electrons. The van der Waals surface area contributed by atoms with Crippen LogP contribution in [-0.2, 0) is 0 Å². The predicted molar refractivity (Wildman–Crippen MR) is 121 cm³/mol. The Bertz CT molecular complexity index is 1410. The third-order valence-corrected chi connectivity index (χ3v) is 6.13. The van der Waals surface area contributed by atoms with E-state index in [9.17, 15) is 23.2 Å². The first-order valence-corrected chi connectivity index (χ1v) is 11.1. The Morgan fingerprint density at radius 1 is 1.14 bits per heavy atom. The van der Waals surface area contributed by atoms with Crippen molar-refractivity contribution >= 4 is 12.2 Å². The van der Waals surface area contributed by atoms with E-state index in [1.54, 1.807) is 13.8 Å². The van der Waals surface area contributed by atoms with Gasteiger partial charge in [0.05, 0.1) is 42.3 Å². The summed E-state index contributed by atoms with van der Waals surface area (Å²) in [5, 5.41) is 18.8. The predicted octanol–water partition coefficient (Wildman–Crippen LogP) is 3.79. The molecule has 1 atom stereocenters. The molecule has 12 heteroatoms. The Kier molecular flexibility index (Phi) is 5.83. The summed E-state index contributed by atoms with van der Waals surface area (Å²) in [6.45, 7) is 3.75. The highest BCUT2D eigenvalue weighted by atomic mass is 19.1. The Morgan fingerprint density at radius 3 is 2.53 bits per heavy atom. The number of amides is 2. The largest absolute Gasteiger partial charge is 0.483 e. The van der Waals surface area contributed by atoms with Gasteiger partial charge in [0, 0.05) is 24.8 Å².